The van der Waals surface area contributed by atoms with Gasteiger partial charge in [0.2, 0.25) is 0 Å². The number of esters is 1. The molecule has 1 aliphatic heterocycles. The standard InChI is InChI=1S/C28H41F3N2O11/c1-4-7-10-11-12-23(34)42-18-33-24(35)19(28(29,30)31)16-32(25(33)36)22-15-20(44-27(38)40-14-9-6-3)21(43-22)17-41-26(37)39-13-8-5-2/h16,20-22H,4-15,17-18H2,1-3H3/t20?,21-,22-/m0/s1. The molecule has 0 amide bonds. The van der Waals surface area contributed by atoms with Gasteiger partial charge >= 0.3 is 30.1 Å². The lowest BCUT2D eigenvalue weighted by Crippen LogP contribution is -2.45. The molecule has 0 spiro atoms. The molecule has 0 aromatic carbocycles. The van der Waals surface area contributed by atoms with E-state index < -0.39 is 73.0 Å². The third kappa shape index (κ3) is 11.5. The summed E-state index contributed by atoms with van der Waals surface area (Å²) in [5.74, 6) is -0.786. The van der Waals surface area contributed by atoms with Crippen LogP contribution in [-0.2, 0) is 46.1 Å². The van der Waals surface area contributed by atoms with Gasteiger partial charge in [0.1, 0.15) is 30.6 Å². The van der Waals surface area contributed by atoms with Gasteiger partial charge in [0, 0.05) is 19.0 Å². The Bertz CT molecular complexity index is 1200. The quantitative estimate of drug-likeness (QED) is 0.128. The van der Waals surface area contributed by atoms with Crippen molar-refractivity contribution < 1.29 is 56.0 Å². The molecule has 0 saturated carbocycles. The second-order valence-electron chi connectivity index (χ2n) is 10.2. The fourth-order valence-electron chi connectivity index (χ4n) is 4.13. The summed E-state index contributed by atoms with van der Waals surface area (Å²) < 4.78 is 73.0. The van der Waals surface area contributed by atoms with Crippen molar-refractivity contribution in [2.24, 2.45) is 0 Å². The van der Waals surface area contributed by atoms with Gasteiger partial charge in [-0.05, 0) is 19.3 Å². The van der Waals surface area contributed by atoms with Crippen molar-refractivity contribution in [2.75, 3.05) is 19.8 Å². The molecule has 1 aromatic rings. The summed E-state index contributed by atoms with van der Waals surface area (Å²) in [5.41, 5.74) is -4.69. The molecule has 44 heavy (non-hydrogen) atoms. The molecule has 2 rings (SSSR count). The molecule has 1 fully saturated rings. The summed E-state index contributed by atoms with van der Waals surface area (Å²) in [4.78, 5) is 62.2. The van der Waals surface area contributed by atoms with Crippen LogP contribution in [0, 0.1) is 0 Å². The third-order valence-electron chi connectivity index (χ3n) is 6.63. The van der Waals surface area contributed by atoms with Gasteiger partial charge in [0.15, 0.2) is 6.73 Å². The number of halogens is 3. The second-order valence-corrected chi connectivity index (χ2v) is 10.2. The molecule has 0 N–H and O–H groups in total. The number of carbonyl (C=O) groups excluding carboxylic acids is 3. The molecule has 13 nitrogen and oxygen atoms in total. The molecule has 16 heteroatoms. The third-order valence-corrected chi connectivity index (χ3v) is 6.63. The first-order valence-electron chi connectivity index (χ1n) is 14.8. The zero-order chi connectivity index (χ0) is 32.7. The Hall–Kier alpha value is -3.56. The normalized spacial score (nSPS) is 18.1. The number of nitrogens with zero attached hydrogens (tertiary/aromatic N) is 2. The summed E-state index contributed by atoms with van der Waals surface area (Å²) in [7, 11) is 0. The van der Waals surface area contributed by atoms with Crippen LogP contribution in [0.5, 0.6) is 0 Å². The largest absolute Gasteiger partial charge is 0.508 e. The number of ether oxygens (including phenoxy) is 6. The summed E-state index contributed by atoms with van der Waals surface area (Å²) >= 11 is 0. The van der Waals surface area contributed by atoms with Gasteiger partial charge in [-0.15, -0.1) is 0 Å². The predicted molar refractivity (Wildman–Crippen MR) is 147 cm³/mol. The van der Waals surface area contributed by atoms with Crippen molar-refractivity contribution in [3.05, 3.63) is 32.6 Å². The summed E-state index contributed by atoms with van der Waals surface area (Å²) in [5, 5.41) is 0. The maximum atomic E-state index is 13.8. The van der Waals surface area contributed by atoms with Crippen molar-refractivity contribution in [3.8, 4) is 0 Å². The van der Waals surface area contributed by atoms with Crippen LogP contribution in [0.4, 0.5) is 22.8 Å². The topological polar surface area (TPSA) is 151 Å². The minimum atomic E-state index is -5.18. The highest BCUT2D eigenvalue weighted by Gasteiger charge is 2.43. The van der Waals surface area contributed by atoms with E-state index in [1.165, 1.54) is 0 Å². The minimum absolute atomic E-state index is 0.0381. The SMILES string of the molecule is CCCCCCC(=O)OCn1c(=O)c(C(F)(F)F)cn([C@@H]2CC(OC(=O)OCCCC)[C@H](COC(=O)OCCCC)O2)c1=O. The number of hydrogen-bond acceptors (Lipinski definition) is 11. The summed E-state index contributed by atoms with van der Waals surface area (Å²) in [6.45, 7) is 4.28. The van der Waals surface area contributed by atoms with Gasteiger partial charge in [0.05, 0.1) is 13.2 Å². The van der Waals surface area contributed by atoms with Gasteiger partial charge in [-0.2, -0.15) is 13.2 Å². The molecule has 2 heterocycles. The lowest BCUT2D eigenvalue weighted by molar-refractivity contribution is -0.148. The Labute approximate surface area is 252 Å². The first-order valence-corrected chi connectivity index (χ1v) is 14.8. The molecule has 1 saturated heterocycles. The summed E-state index contributed by atoms with van der Waals surface area (Å²) in [6.07, 6.45) is -5.78. The smallest absolute Gasteiger partial charge is 0.444 e. The lowest BCUT2D eigenvalue weighted by Gasteiger charge is -2.19. The van der Waals surface area contributed by atoms with Crippen molar-refractivity contribution in [2.45, 2.75) is 116 Å². The molecule has 250 valence electrons. The maximum Gasteiger partial charge on any atom is 0.508 e. The average Bonchev–Trinajstić information content (AvgIpc) is 3.35. The number of rotatable bonds is 17. The van der Waals surface area contributed by atoms with E-state index in [0.29, 0.717) is 23.8 Å². The van der Waals surface area contributed by atoms with E-state index in [1.807, 2.05) is 20.8 Å². The van der Waals surface area contributed by atoms with E-state index in [1.54, 1.807) is 0 Å². The van der Waals surface area contributed by atoms with Gasteiger partial charge in [-0.3, -0.25) is 14.2 Å². The number of aromatic nitrogens is 2. The van der Waals surface area contributed by atoms with Gasteiger partial charge in [-0.25, -0.2) is 19.0 Å². The van der Waals surface area contributed by atoms with Gasteiger partial charge in [-0.1, -0.05) is 52.9 Å². The number of alkyl halides is 3. The average molecular weight is 639 g/mol. The van der Waals surface area contributed by atoms with E-state index in [-0.39, 0.29) is 36.8 Å². The van der Waals surface area contributed by atoms with E-state index in [2.05, 4.69) is 0 Å². The van der Waals surface area contributed by atoms with Crippen molar-refractivity contribution >= 4 is 18.3 Å². The van der Waals surface area contributed by atoms with Crippen LogP contribution in [0.2, 0.25) is 0 Å². The van der Waals surface area contributed by atoms with Gasteiger partial charge < -0.3 is 28.4 Å². The van der Waals surface area contributed by atoms with E-state index >= 15 is 0 Å². The van der Waals surface area contributed by atoms with Crippen LogP contribution < -0.4 is 11.2 Å². The van der Waals surface area contributed by atoms with Crippen LogP contribution in [0.15, 0.2) is 15.8 Å². The van der Waals surface area contributed by atoms with Crippen LogP contribution in [-0.4, -0.2) is 59.4 Å². The highest BCUT2D eigenvalue weighted by atomic mass is 19.4. The first-order chi connectivity index (χ1) is 20.9. The van der Waals surface area contributed by atoms with Gasteiger partial charge in [0.25, 0.3) is 5.56 Å². The lowest BCUT2D eigenvalue weighted by atomic mass is 10.2. The Balaban J connectivity index is 2.32. The van der Waals surface area contributed by atoms with E-state index in [9.17, 15) is 37.1 Å². The maximum absolute atomic E-state index is 13.8. The minimum Gasteiger partial charge on any atom is -0.444 e. The van der Waals surface area contributed by atoms with Crippen LogP contribution in [0.1, 0.15) is 96.8 Å². The molecule has 0 aliphatic carbocycles. The van der Waals surface area contributed by atoms with Crippen LogP contribution in [0.3, 0.4) is 0 Å². The fourth-order valence-corrected chi connectivity index (χ4v) is 4.13. The molecule has 1 unspecified atom stereocenters. The van der Waals surface area contributed by atoms with Crippen molar-refractivity contribution in [1.29, 1.82) is 0 Å². The van der Waals surface area contributed by atoms with Crippen molar-refractivity contribution in [1.82, 2.24) is 9.13 Å². The highest BCUT2D eigenvalue weighted by molar-refractivity contribution is 5.69. The molecular weight excluding hydrogens is 597 g/mol. The molecule has 1 aromatic heterocycles. The first kappa shape index (κ1) is 36.6. The van der Waals surface area contributed by atoms with Crippen LogP contribution in [0.25, 0.3) is 0 Å². The Kier molecular flexibility index (Phi) is 15.2. The molecular formula is C28H41F3N2O11. The number of hydrogen-bond donors (Lipinski definition) is 0. The second kappa shape index (κ2) is 18.3. The van der Waals surface area contributed by atoms with Crippen LogP contribution >= 0.6 is 0 Å². The molecule has 3 atom stereocenters. The molecule has 0 radical (unpaired) electrons. The monoisotopic (exact) mass is 638 g/mol. The van der Waals surface area contributed by atoms with E-state index in [0.717, 1.165) is 32.1 Å². The Morgan fingerprint density at radius 1 is 0.886 bits per heavy atom. The number of carbonyl (C=O) groups is 3. The zero-order valence-electron chi connectivity index (χ0n) is 25.2. The fraction of sp³-hybridized carbons (Fsp3) is 0.750. The predicted octanol–water partition coefficient (Wildman–Crippen LogP) is 5.06. The Morgan fingerprint density at radius 3 is 2.14 bits per heavy atom. The highest BCUT2D eigenvalue weighted by Crippen LogP contribution is 2.32. The summed E-state index contributed by atoms with van der Waals surface area (Å²) in [6, 6.07) is 0. The number of unbranched alkanes of at least 4 members (excludes halogenated alkanes) is 5. The Morgan fingerprint density at radius 2 is 1.52 bits per heavy atom. The van der Waals surface area contributed by atoms with E-state index in [4.69, 9.17) is 28.4 Å². The molecule has 0 bridgehead atoms. The zero-order valence-corrected chi connectivity index (χ0v) is 25.2. The molecule has 1 aliphatic rings. The van der Waals surface area contributed by atoms with Crippen molar-refractivity contribution in [3.63, 3.8) is 0 Å².